The SMILES string of the molecule is COc1ccc(C(=O)NC(=O)COC(=O)[C@H](C)N=C2NS(=O)(=O)c3ccccc32)cc1. The number of carbonyl (C=O) groups excluding carboxylic acids is 3. The summed E-state index contributed by atoms with van der Waals surface area (Å²) in [6.45, 7) is 0.698. The summed E-state index contributed by atoms with van der Waals surface area (Å²) in [5.74, 6) is -1.77. The summed E-state index contributed by atoms with van der Waals surface area (Å²) in [6.07, 6.45) is 0. The van der Waals surface area contributed by atoms with Crippen molar-refractivity contribution < 1.29 is 32.3 Å². The molecule has 2 N–H and O–H groups in total. The van der Waals surface area contributed by atoms with E-state index in [0.717, 1.165) is 0 Å². The van der Waals surface area contributed by atoms with Crippen molar-refractivity contribution in [3.8, 4) is 5.75 Å². The van der Waals surface area contributed by atoms with Crippen molar-refractivity contribution in [2.24, 2.45) is 4.99 Å². The van der Waals surface area contributed by atoms with Gasteiger partial charge in [0.15, 0.2) is 6.61 Å². The van der Waals surface area contributed by atoms with Gasteiger partial charge >= 0.3 is 5.97 Å². The Morgan fingerprint density at radius 1 is 1.10 bits per heavy atom. The maximum Gasteiger partial charge on any atom is 0.331 e. The summed E-state index contributed by atoms with van der Waals surface area (Å²) in [5, 5.41) is 2.10. The molecule has 1 aliphatic heterocycles. The second kappa shape index (κ2) is 8.96. The lowest BCUT2D eigenvalue weighted by Gasteiger charge is -2.09. The van der Waals surface area contributed by atoms with Gasteiger partial charge in [-0.25, -0.2) is 13.2 Å². The first kappa shape index (κ1) is 22.0. The van der Waals surface area contributed by atoms with Gasteiger partial charge < -0.3 is 9.47 Å². The number of benzene rings is 2. The maximum absolute atomic E-state index is 12.1. The predicted octanol–water partition coefficient (Wildman–Crippen LogP) is 0.622. The van der Waals surface area contributed by atoms with E-state index in [2.05, 4.69) is 15.0 Å². The molecule has 0 bridgehead atoms. The molecule has 1 aliphatic rings. The van der Waals surface area contributed by atoms with Crippen molar-refractivity contribution >= 4 is 33.6 Å². The molecule has 10 nitrogen and oxygen atoms in total. The van der Waals surface area contributed by atoms with Crippen LogP contribution in [0, 0.1) is 0 Å². The highest BCUT2D eigenvalue weighted by molar-refractivity contribution is 7.90. The molecule has 2 amide bonds. The van der Waals surface area contributed by atoms with Crippen LogP contribution in [0.2, 0.25) is 0 Å². The third kappa shape index (κ3) is 5.07. The van der Waals surface area contributed by atoms with Crippen LogP contribution >= 0.6 is 0 Å². The number of fused-ring (bicyclic) bond motifs is 1. The molecule has 0 unspecified atom stereocenters. The summed E-state index contributed by atoms with van der Waals surface area (Å²) in [5.41, 5.74) is 0.567. The normalized spacial score (nSPS) is 16.0. The van der Waals surface area contributed by atoms with Crippen LogP contribution in [0.25, 0.3) is 0 Å². The van der Waals surface area contributed by atoms with E-state index in [1.165, 1.54) is 32.2 Å². The quantitative estimate of drug-likeness (QED) is 0.621. The second-order valence-electron chi connectivity index (χ2n) is 6.47. The minimum absolute atomic E-state index is 0.0131. The van der Waals surface area contributed by atoms with Gasteiger partial charge in [-0.15, -0.1) is 0 Å². The van der Waals surface area contributed by atoms with E-state index >= 15 is 0 Å². The molecular weight excluding hydrogens is 426 g/mol. The van der Waals surface area contributed by atoms with Crippen LogP contribution in [0.5, 0.6) is 5.75 Å². The Hall–Kier alpha value is -3.73. The van der Waals surface area contributed by atoms with Crippen LogP contribution in [0.3, 0.4) is 0 Å². The number of hydrogen-bond acceptors (Lipinski definition) is 8. The number of methoxy groups -OCH3 is 1. The molecule has 31 heavy (non-hydrogen) atoms. The van der Waals surface area contributed by atoms with Crippen LogP contribution in [-0.4, -0.2) is 51.8 Å². The molecule has 11 heteroatoms. The van der Waals surface area contributed by atoms with E-state index in [1.807, 2.05) is 0 Å². The molecule has 2 aromatic carbocycles. The first-order valence-corrected chi connectivity index (χ1v) is 10.5. The molecule has 1 heterocycles. The fourth-order valence-electron chi connectivity index (χ4n) is 2.71. The maximum atomic E-state index is 12.1. The van der Waals surface area contributed by atoms with E-state index in [1.54, 1.807) is 30.3 Å². The van der Waals surface area contributed by atoms with Crippen LogP contribution < -0.4 is 14.8 Å². The Kier molecular flexibility index (Phi) is 6.35. The van der Waals surface area contributed by atoms with Gasteiger partial charge in [-0.05, 0) is 43.3 Å². The number of carbonyl (C=O) groups is 3. The van der Waals surface area contributed by atoms with Crippen molar-refractivity contribution in [3.63, 3.8) is 0 Å². The van der Waals surface area contributed by atoms with Crippen molar-refractivity contribution in [2.45, 2.75) is 17.9 Å². The Balaban J connectivity index is 1.56. The monoisotopic (exact) mass is 445 g/mol. The zero-order chi connectivity index (χ0) is 22.6. The largest absolute Gasteiger partial charge is 0.497 e. The van der Waals surface area contributed by atoms with E-state index in [0.29, 0.717) is 11.3 Å². The van der Waals surface area contributed by atoms with Crippen LogP contribution in [0.15, 0.2) is 58.4 Å². The van der Waals surface area contributed by atoms with E-state index in [-0.39, 0.29) is 16.3 Å². The first-order chi connectivity index (χ1) is 14.7. The summed E-state index contributed by atoms with van der Waals surface area (Å²) >= 11 is 0. The molecule has 0 saturated carbocycles. The molecule has 0 spiro atoms. The zero-order valence-corrected chi connectivity index (χ0v) is 17.4. The number of nitrogens with zero attached hydrogens (tertiary/aromatic N) is 1. The average molecular weight is 445 g/mol. The summed E-state index contributed by atoms with van der Waals surface area (Å²) in [6, 6.07) is 11.2. The number of aliphatic imine (C=N–C) groups is 1. The lowest BCUT2D eigenvalue weighted by Crippen LogP contribution is -2.35. The predicted molar refractivity (Wildman–Crippen MR) is 109 cm³/mol. The summed E-state index contributed by atoms with van der Waals surface area (Å²) in [4.78, 5) is 40.2. The lowest BCUT2D eigenvalue weighted by molar-refractivity contribution is -0.149. The molecule has 0 aliphatic carbocycles. The van der Waals surface area contributed by atoms with Crippen molar-refractivity contribution in [1.82, 2.24) is 10.0 Å². The van der Waals surface area contributed by atoms with Gasteiger partial charge in [0.2, 0.25) is 0 Å². The fraction of sp³-hybridized carbons (Fsp3) is 0.200. The van der Waals surface area contributed by atoms with Crippen LogP contribution in [-0.2, 0) is 24.3 Å². The Morgan fingerprint density at radius 3 is 2.45 bits per heavy atom. The zero-order valence-electron chi connectivity index (χ0n) is 16.6. The third-order valence-corrected chi connectivity index (χ3v) is 5.67. The van der Waals surface area contributed by atoms with Gasteiger partial charge in [-0.2, -0.15) is 0 Å². The van der Waals surface area contributed by atoms with Gasteiger partial charge in [-0.1, -0.05) is 12.1 Å². The van der Waals surface area contributed by atoms with Gasteiger partial charge in [-0.3, -0.25) is 24.6 Å². The van der Waals surface area contributed by atoms with Crippen LogP contribution in [0.1, 0.15) is 22.8 Å². The fourth-order valence-corrected chi connectivity index (χ4v) is 3.95. The van der Waals surface area contributed by atoms with Crippen molar-refractivity contribution in [3.05, 3.63) is 59.7 Å². The highest BCUT2D eigenvalue weighted by Gasteiger charge is 2.31. The van der Waals surface area contributed by atoms with Crippen molar-refractivity contribution in [1.29, 1.82) is 0 Å². The number of esters is 1. The molecule has 3 rings (SSSR count). The van der Waals surface area contributed by atoms with Crippen LogP contribution in [0.4, 0.5) is 0 Å². The highest BCUT2D eigenvalue weighted by Crippen LogP contribution is 2.22. The Labute approximate surface area is 178 Å². The molecule has 0 aromatic heterocycles. The topological polar surface area (TPSA) is 140 Å². The molecule has 2 aromatic rings. The standard InChI is InChI=1S/C20H19N3O7S/c1-12(21-18-15-5-3-4-6-16(15)31(27,28)23-18)20(26)30-11-17(24)22-19(25)13-7-9-14(29-2)10-8-13/h3-10,12H,11H2,1-2H3,(H,21,23)(H,22,24,25)/t12-/m0/s1. The van der Waals surface area contributed by atoms with Crippen molar-refractivity contribution in [2.75, 3.05) is 13.7 Å². The number of amides is 2. The molecule has 1 atom stereocenters. The number of hydrogen-bond donors (Lipinski definition) is 2. The molecular formula is C20H19N3O7S. The van der Waals surface area contributed by atoms with Gasteiger partial charge in [0, 0.05) is 11.1 Å². The van der Waals surface area contributed by atoms with Gasteiger partial charge in [0.05, 0.1) is 12.0 Å². The lowest BCUT2D eigenvalue weighted by atomic mass is 10.2. The number of sulfonamides is 1. The number of amidine groups is 1. The molecule has 0 radical (unpaired) electrons. The van der Waals surface area contributed by atoms with Gasteiger partial charge in [0.1, 0.15) is 17.6 Å². The highest BCUT2D eigenvalue weighted by atomic mass is 32.2. The Morgan fingerprint density at radius 2 is 1.77 bits per heavy atom. The molecule has 0 saturated heterocycles. The second-order valence-corrected chi connectivity index (χ2v) is 8.12. The number of nitrogens with one attached hydrogen (secondary N) is 2. The smallest absolute Gasteiger partial charge is 0.331 e. The third-order valence-electron chi connectivity index (χ3n) is 4.28. The summed E-state index contributed by atoms with van der Waals surface area (Å²) < 4.78 is 36.3. The van der Waals surface area contributed by atoms with E-state index in [4.69, 9.17) is 9.47 Å². The number of ether oxygens (including phenoxy) is 2. The first-order valence-electron chi connectivity index (χ1n) is 9.06. The minimum Gasteiger partial charge on any atom is -0.497 e. The average Bonchev–Trinajstić information content (AvgIpc) is 3.02. The molecule has 162 valence electrons. The number of imide groups is 1. The minimum atomic E-state index is -3.74. The Bertz CT molecular complexity index is 1160. The number of rotatable bonds is 6. The van der Waals surface area contributed by atoms with E-state index < -0.39 is 40.5 Å². The van der Waals surface area contributed by atoms with Gasteiger partial charge in [0.25, 0.3) is 21.8 Å². The molecule has 0 fully saturated rings. The van der Waals surface area contributed by atoms with E-state index in [9.17, 15) is 22.8 Å². The summed E-state index contributed by atoms with van der Waals surface area (Å²) in [7, 11) is -2.25.